The maximum absolute atomic E-state index is 13.9. The van der Waals surface area contributed by atoms with Gasteiger partial charge in [0.1, 0.15) is 29.6 Å². The lowest BCUT2D eigenvalue weighted by molar-refractivity contribution is -0.133. The molecule has 0 saturated carbocycles. The van der Waals surface area contributed by atoms with Crippen molar-refractivity contribution in [3.05, 3.63) is 120 Å². The predicted molar refractivity (Wildman–Crippen MR) is 190 cm³/mol. The minimum atomic E-state index is -1.34. The molecule has 52 heavy (non-hydrogen) atoms. The number of nitrogens with zero attached hydrogens (tertiary/aromatic N) is 2. The zero-order chi connectivity index (χ0) is 36.7. The quantitative estimate of drug-likeness (QED) is 0.157. The monoisotopic (exact) mass is 707 g/mol. The Hall–Kier alpha value is -6.31. The Kier molecular flexibility index (Phi) is 13.2. The maximum atomic E-state index is 13.9. The lowest BCUT2D eigenvalue weighted by atomic mass is 10.0. The van der Waals surface area contributed by atoms with E-state index in [4.69, 9.17) is 4.74 Å². The SMILES string of the molecule is O=C1C[C@@H](C(=O)NCCc2cnccn2)NC(=O)c2ccccc2OCCCNC(=O)[C@H](Cc2ccccc2)NC(=O)[C@H](Cc2ccc(O)cc2)N1. The number of aromatic nitrogens is 2. The number of hydrogen-bond acceptors (Lipinski definition) is 9. The van der Waals surface area contributed by atoms with Crippen molar-refractivity contribution < 1.29 is 33.8 Å². The van der Waals surface area contributed by atoms with Gasteiger partial charge in [0.05, 0.1) is 24.3 Å². The van der Waals surface area contributed by atoms with E-state index in [0.717, 1.165) is 5.56 Å². The summed E-state index contributed by atoms with van der Waals surface area (Å²) in [5.41, 5.74) is 2.22. The Morgan fingerprint density at radius 2 is 1.54 bits per heavy atom. The topological polar surface area (TPSA) is 201 Å². The van der Waals surface area contributed by atoms with Gasteiger partial charge in [-0.3, -0.25) is 33.9 Å². The van der Waals surface area contributed by atoms with E-state index in [9.17, 15) is 29.1 Å². The third-order valence-electron chi connectivity index (χ3n) is 8.26. The van der Waals surface area contributed by atoms with Crippen molar-refractivity contribution >= 4 is 29.5 Å². The summed E-state index contributed by atoms with van der Waals surface area (Å²) >= 11 is 0. The molecule has 0 saturated heterocycles. The molecule has 0 radical (unpaired) electrons. The second-order valence-electron chi connectivity index (χ2n) is 12.2. The van der Waals surface area contributed by atoms with E-state index in [2.05, 4.69) is 36.6 Å². The van der Waals surface area contributed by atoms with Gasteiger partial charge in [-0.15, -0.1) is 0 Å². The summed E-state index contributed by atoms with van der Waals surface area (Å²) < 4.78 is 5.90. The Bertz CT molecular complexity index is 1820. The molecule has 270 valence electrons. The van der Waals surface area contributed by atoms with Crippen molar-refractivity contribution in [3.8, 4) is 11.5 Å². The molecule has 0 fully saturated rings. The highest BCUT2D eigenvalue weighted by Gasteiger charge is 2.30. The van der Waals surface area contributed by atoms with Gasteiger partial charge < -0.3 is 36.4 Å². The summed E-state index contributed by atoms with van der Waals surface area (Å²) in [4.78, 5) is 76.4. The number of fused-ring (bicyclic) bond motifs is 1. The van der Waals surface area contributed by atoms with Crippen LogP contribution in [0.5, 0.6) is 11.5 Å². The van der Waals surface area contributed by atoms with Crippen LogP contribution < -0.4 is 31.3 Å². The van der Waals surface area contributed by atoms with Crippen LogP contribution in [-0.2, 0) is 38.4 Å². The minimum Gasteiger partial charge on any atom is -0.508 e. The summed E-state index contributed by atoms with van der Waals surface area (Å²) in [7, 11) is 0. The summed E-state index contributed by atoms with van der Waals surface area (Å²) in [6.07, 6.45) is 5.07. The first-order chi connectivity index (χ1) is 25.2. The van der Waals surface area contributed by atoms with Crippen LogP contribution in [0.4, 0.5) is 0 Å². The first-order valence-corrected chi connectivity index (χ1v) is 17.0. The molecule has 6 N–H and O–H groups in total. The average Bonchev–Trinajstić information content (AvgIpc) is 3.15. The van der Waals surface area contributed by atoms with Crippen molar-refractivity contribution in [3.63, 3.8) is 0 Å². The van der Waals surface area contributed by atoms with Gasteiger partial charge in [-0.25, -0.2) is 0 Å². The predicted octanol–water partition coefficient (Wildman–Crippen LogP) is 1.38. The number of carbonyl (C=O) groups excluding carboxylic acids is 5. The number of ether oxygens (including phenoxy) is 1. The first-order valence-electron chi connectivity index (χ1n) is 17.0. The lowest BCUT2D eigenvalue weighted by Crippen LogP contribution is -2.56. The molecule has 0 unspecified atom stereocenters. The Morgan fingerprint density at radius 1 is 0.827 bits per heavy atom. The molecule has 3 atom stereocenters. The number of benzene rings is 3. The largest absolute Gasteiger partial charge is 0.508 e. The van der Waals surface area contributed by atoms with E-state index in [1.165, 1.54) is 24.5 Å². The molecular formula is C38H41N7O7. The maximum Gasteiger partial charge on any atom is 0.255 e. The Balaban J connectivity index is 1.42. The van der Waals surface area contributed by atoms with E-state index in [0.29, 0.717) is 24.1 Å². The van der Waals surface area contributed by atoms with Crippen LogP contribution in [-0.4, -0.2) is 82.4 Å². The molecule has 0 spiro atoms. The summed E-state index contributed by atoms with van der Waals surface area (Å²) in [5.74, 6) is -2.74. The highest BCUT2D eigenvalue weighted by molar-refractivity contribution is 6.01. The number of aromatic hydroxyl groups is 1. The van der Waals surface area contributed by atoms with Gasteiger partial charge in [0, 0.05) is 50.9 Å². The number of rotatable bonds is 8. The average molecular weight is 708 g/mol. The number of nitrogens with one attached hydrogen (secondary N) is 5. The number of phenols is 1. The van der Waals surface area contributed by atoms with Crippen LogP contribution in [0.1, 0.15) is 40.0 Å². The van der Waals surface area contributed by atoms with Crippen molar-refractivity contribution in [2.45, 2.75) is 50.2 Å². The van der Waals surface area contributed by atoms with Crippen molar-refractivity contribution in [1.29, 1.82) is 0 Å². The normalized spacial score (nSPS) is 18.9. The molecule has 1 aromatic heterocycles. The third kappa shape index (κ3) is 11.1. The van der Waals surface area contributed by atoms with Crippen LogP contribution in [0.2, 0.25) is 0 Å². The van der Waals surface area contributed by atoms with Crippen LogP contribution in [0.25, 0.3) is 0 Å². The summed E-state index contributed by atoms with van der Waals surface area (Å²) in [6, 6.07) is 18.4. The number of phenolic OH excluding ortho intramolecular Hbond substituents is 1. The van der Waals surface area contributed by atoms with E-state index in [1.807, 2.05) is 30.3 Å². The van der Waals surface area contributed by atoms with E-state index >= 15 is 0 Å². The summed E-state index contributed by atoms with van der Waals surface area (Å²) in [5, 5.41) is 23.6. The number of amides is 5. The van der Waals surface area contributed by atoms with Crippen molar-refractivity contribution in [1.82, 2.24) is 36.6 Å². The highest BCUT2D eigenvalue weighted by atomic mass is 16.5. The van der Waals surface area contributed by atoms with Gasteiger partial charge in [0.2, 0.25) is 23.6 Å². The molecular weight excluding hydrogens is 666 g/mol. The standard InChI is InChI=1S/C38H41N7O7/c46-28-13-11-26(12-14-28)22-31-38(51)45-30(21-25-7-2-1-3-8-25)36(49)41-16-6-20-52-33-10-5-4-9-29(33)35(48)44-32(23-34(47)43-31)37(50)42-17-15-27-24-39-18-19-40-27/h1-5,7-14,18-19,24,30-32,46H,6,15-17,20-23H2,(H,41,49)(H,42,50)(H,43,47)(H,44,48)(H,45,51)/t30-,31-,32-/m0/s1. The molecule has 14 heteroatoms. The van der Waals surface area contributed by atoms with E-state index in [-0.39, 0.29) is 49.6 Å². The van der Waals surface area contributed by atoms with Crippen molar-refractivity contribution in [2.75, 3.05) is 19.7 Å². The summed E-state index contributed by atoms with van der Waals surface area (Å²) in [6.45, 7) is 0.532. The smallest absolute Gasteiger partial charge is 0.255 e. The van der Waals surface area contributed by atoms with E-state index in [1.54, 1.807) is 42.6 Å². The van der Waals surface area contributed by atoms with Crippen molar-refractivity contribution in [2.24, 2.45) is 0 Å². The minimum absolute atomic E-state index is 0.00355. The fourth-order valence-corrected chi connectivity index (χ4v) is 5.56. The fourth-order valence-electron chi connectivity index (χ4n) is 5.56. The zero-order valence-electron chi connectivity index (χ0n) is 28.4. The zero-order valence-corrected chi connectivity index (χ0v) is 28.4. The molecule has 2 heterocycles. The molecule has 3 aromatic carbocycles. The van der Waals surface area contributed by atoms with E-state index < -0.39 is 54.1 Å². The molecule has 4 aromatic rings. The van der Waals surface area contributed by atoms with Gasteiger partial charge in [0.25, 0.3) is 5.91 Å². The molecule has 1 aliphatic heterocycles. The number of hydrogen-bond donors (Lipinski definition) is 6. The van der Waals surface area contributed by atoms with Gasteiger partial charge in [-0.05, 0) is 41.8 Å². The molecule has 14 nitrogen and oxygen atoms in total. The Labute approximate surface area is 300 Å². The molecule has 0 bridgehead atoms. The molecule has 0 aliphatic carbocycles. The van der Waals surface area contributed by atoms with Gasteiger partial charge >= 0.3 is 0 Å². The van der Waals surface area contributed by atoms with Crippen LogP contribution in [0.3, 0.4) is 0 Å². The van der Waals surface area contributed by atoms with Crippen LogP contribution >= 0.6 is 0 Å². The van der Waals surface area contributed by atoms with Crippen LogP contribution in [0, 0.1) is 0 Å². The third-order valence-corrected chi connectivity index (χ3v) is 8.26. The lowest BCUT2D eigenvalue weighted by Gasteiger charge is -2.25. The van der Waals surface area contributed by atoms with Crippen LogP contribution in [0.15, 0.2) is 97.5 Å². The second kappa shape index (κ2) is 18.6. The Morgan fingerprint density at radius 3 is 2.29 bits per heavy atom. The highest BCUT2D eigenvalue weighted by Crippen LogP contribution is 2.19. The molecule has 5 amide bonds. The first kappa shape index (κ1) is 37.0. The number of carbonyl (C=O) groups is 5. The molecule has 5 rings (SSSR count). The van der Waals surface area contributed by atoms with Gasteiger partial charge in [-0.2, -0.15) is 0 Å². The van der Waals surface area contributed by atoms with Gasteiger partial charge in [-0.1, -0.05) is 54.6 Å². The second-order valence-corrected chi connectivity index (χ2v) is 12.2. The molecule has 1 aliphatic rings. The van der Waals surface area contributed by atoms with Gasteiger partial charge in [0.15, 0.2) is 0 Å². The fraction of sp³-hybridized carbons (Fsp3) is 0.289. The number of para-hydroxylation sites is 1.